The monoisotopic (exact) mass is 378 g/mol. The van der Waals surface area contributed by atoms with Crippen molar-refractivity contribution in [3.05, 3.63) is 75.9 Å². The Morgan fingerprint density at radius 1 is 1.22 bits per heavy atom. The Hall–Kier alpha value is -3.12. The molecular formula is C21H18N2O3S. The number of nitrogens with one attached hydrogen (secondary N) is 1. The number of anilines is 2. The van der Waals surface area contributed by atoms with Crippen molar-refractivity contribution in [2.24, 2.45) is 0 Å². The molecule has 4 rings (SSSR count). The molecule has 5 nitrogen and oxygen atoms in total. The molecule has 6 heteroatoms. The molecule has 0 unspecified atom stereocenters. The predicted octanol–water partition coefficient (Wildman–Crippen LogP) is 4.59. The van der Waals surface area contributed by atoms with Crippen molar-refractivity contribution in [3.63, 3.8) is 0 Å². The van der Waals surface area contributed by atoms with Gasteiger partial charge in [0.15, 0.2) is 5.76 Å². The van der Waals surface area contributed by atoms with Gasteiger partial charge in [0.1, 0.15) is 0 Å². The Bertz CT molecular complexity index is 1000. The minimum absolute atomic E-state index is 0.162. The van der Waals surface area contributed by atoms with E-state index < -0.39 is 0 Å². The van der Waals surface area contributed by atoms with Gasteiger partial charge in [-0.05, 0) is 60.7 Å². The van der Waals surface area contributed by atoms with E-state index in [2.05, 4.69) is 5.32 Å². The largest absolute Gasteiger partial charge is 0.459 e. The van der Waals surface area contributed by atoms with Crippen molar-refractivity contribution in [3.8, 4) is 0 Å². The van der Waals surface area contributed by atoms with E-state index in [4.69, 9.17) is 4.42 Å². The SMILES string of the molecule is C/C(=C\c1cccs1)C(=O)Nc1ccc2c(c1)N(C(=O)c1ccco1)CC2. The highest BCUT2D eigenvalue weighted by molar-refractivity contribution is 7.10. The lowest BCUT2D eigenvalue weighted by Gasteiger charge is -2.17. The normalized spacial score (nSPS) is 13.5. The molecule has 0 radical (unpaired) electrons. The highest BCUT2D eigenvalue weighted by Crippen LogP contribution is 2.32. The van der Waals surface area contributed by atoms with Crippen LogP contribution in [0, 0.1) is 0 Å². The van der Waals surface area contributed by atoms with Crippen LogP contribution in [0.5, 0.6) is 0 Å². The van der Waals surface area contributed by atoms with Gasteiger partial charge in [-0.1, -0.05) is 12.1 Å². The van der Waals surface area contributed by atoms with Crippen LogP contribution in [0.4, 0.5) is 11.4 Å². The van der Waals surface area contributed by atoms with Gasteiger partial charge in [0, 0.05) is 28.4 Å². The second-order valence-electron chi connectivity index (χ2n) is 6.32. The molecule has 0 fully saturated rings. The molecule has 1 aliphatic rings. The molecule has 1 aliphatic heterocycles. The second-order valence-corrected chi connectivity index (χ2v) is 7.30. The molecule has 2 aromatic heterocycles. The Morgan fingerprint density at radius 3 is 2.85 bits per heavy atom. The summed E-state index contributed by atoms with van der Waals surface area (Å²) < 4.78 is 5.23. The number of furan rings is 1. The Balaban J connectivity index is 1.53. The quantitative estimate of drug-likeness (QED) is 0.676. The van der Waals surface area contributed by atoms with Crippen LogP contribution in [0.2, 0.25) is 0 Å². The number of hydrogen-bond donors (Lipinski definition) is 1. The standard InChI is InChI=1S/C21H18N2O3S/c1-14(12-17-4-3-11-27-17)20(24)22-16-7-6-15-8-9-23(18(15)13-16)21(25)19-5-2-10-26-19/h2-7,10-13H,8-9H2,1H3,(H,22,24)/b14-12+. The molecule has 3 aromatic rings. The van der Waals surface area contributed by atoms with Gasteiger partial charge in [-0.25, -0.2) is 0 Å². The van der Waals surface area contributed by atoms with E-state index in [0.717, 1.165) is 22.5 Å². The third kappa shape index (κ3) is 3.57. The van der Waals surface area contributed by atoms with E-state index in [9.17, 15) is 9.59 Å². The van der Waals surface area contributed by atoms with E-state index >= 15 is 0 Å². The number of hydrogen-bond acceptors (Lipinski definition) is 4. The molecule has 2 amide bonds. The van der Waals surface area contributed by atoms with Gasteiger partial charge < -0.3 is 14.6 Å². The van der Waals surface area contributed by atoms with Gasteiger partial charge >= 0.3 is 0 Å². The van der Waals surface area contributed by atoms with Crippen LogP contribution in [-0.4, -0.2) is 18.4 Å². The Kier molecular flexibility index (Phi) is 4.64. The summed E-state index contributed by atoms with van der Waals surface area (Å²) in [5.41, 5.74) is 3.19. The number of carbonyl (C=O) groups excluding carboxylic acids is 2. The molecular weight excluding hydrogens is 360 g/mol. The zero-order chi connectivity index (χ0) is 18.8. The molecule has 27 heavy (non-hydrogen) atoms. The molecule has 0 spiro atoms. The van der Waals surface area contributed by atoms with Crippen LogP contribution in [0.15, 0.2) is 64.1 Å². The van der Waals surface area contributed by atoms with E-state index in [-0.39, 0.29) is 11.8 Å². The summed E-state index contributed by atoms with van der Waals surface area (Å²) in [6.45, 7) is 2.39. The summed E-state index contributed by atoms with van der Waals surface area (Å²) in [5, 5.41) is 4.89. The fraction of sp³-hybridized carbons (Fsp3) is 0.143. The third-order valence-electron chi connectivity index (χ3n) is 4.48. The molecule has 1 aromatic carbocycles. The highest BCUT2D eigenvalue weighted by Gasteiger charge is 2.27. The van der Waals surface area contributed by atoms with E-state index in [0.29, 0.717) is 23.6 Å². The Morgan fingerprint density at radius 2 is 2.11 bits per heavy atom. The molecule has 0 bridgehead atoms. The number of carbonyl (C=O) groups is 2. The van der Waals surface area contributed by atoms with Crippen LogP contribution < -0.4 is 10.2 Å². The lowest BCUT2D eigenvalue weighted by atomic mass is 10.1. The minimum Gasteiger partial charge on any atom is -0.459 e. The first-order chi connectivity index (χ1) is 13.1. The Labute approximate surface area is 160 Å². The summed E-state index contributed by atoms with van der Waals surface area (Å²) in [6.07, 6.45) is 4.14. The van der Waals surface area contributed by atoms with Crippen molar-refractivity contribution in [1.82, 2.24) is 0 Å². The first-order valence-corrected chi connectivity index (χ1v) is 9.51. The fourth-order valence-corrected chi connectivity index (χ4v) is 3.80. The van der Waals surface area contributed by atoms with Crippen LogP contribution in [0.1, 0.15) is 27.9 Å². The van der Waals surface area contributed by atoms with Gasteiger partial charge in [0.25, 0.3) is 11.8 Å². The maximum Gasteiger partial charge on any atom is 0.293 e. The summed E-state index contributed by atoms with van der Waals surface area (Å²) in [6, 6.07) is 12.9. The molecule has 0 atom stereocenters. The van der Waals surface area contributed by atoms with Crippen LogP contribution in [0.25, 0.3) is 6.08 Å². The number of fused-ring (bicyclic) bond motifs is 1. The summed E-state index contributed by atoms with van der Waals surface area (Å²) in [4.78, 5) is 27.8. The van der Waals surface area contributed by atoms with Gasteiger partial charge in [-0.2, -0.15) is 0 Å². The number of benzene rings is 1. The van der Waals surface area contributed by atoms with E-state index in [1.54, 1.807) is 35.3 Å². The zero-order valence-corrected chi connectivity index (χ0v) is 15.6. The predicted molar refractivity (Wildman–Crippen MR) is 107 cm³/mol. The van der Waals surface area contributed by atoms with Crippen molar-refractivity contribution < 1.29 is 14.0 Å². The molecule has 0 saturated carbocycles. The van der Waals surface area contributed by atoms with Gasteiger partial charge in [0.2, 0.25) is 0 Å². The summed E-state index contributed by atoms with van der Waals surface area (Å²) >= 11 is 1.58. The molecule has 0 saturated heterocycles. The molecule has 0 aliphatic carbocycles. The van der Waals surface area contributed by atoms with Crippen molar-refractivity contribution in [1.29, 1.82) is 0 Å². The first-order valence-electron chi connectivity index (χ1n) is 8.63. The van der Waals surface area contributed by atoms with Crippen molar-refractivity contribution in [2.45, 2.75) is 13.3 Å². The lowest BCUT2D eigenvalue weighted by Crippen LogP contribution is -2.28. The van der Waals surface area contributed by atoms with Crippen LogP contribution >= 0.6 is 11.3 Å². The maximum atomic E-state index is 12.6. The topological polar surface area (TPSA) is 62.6 Å². The van der Waals surface area contributed by atoms with Gasteiger partial charge in [0.05, 0.1) is 6.26 Å². The minimum atomic E-state index is -0.170. The zero-order valence-electron chi connectivity index (χ0n) is 14.8. The second kappa shape index (κ2) is 7.25. The molecule has 1 N–H and O–H groups in total. The first kappa shape index (κ1) is 17.3. The number of nitrogens with zero attached hydrogens (tertiary/aromatic N) is 1. The van der Waals surface area contributed by atoms with Gasteiger partial charge in [-0.3, -0.25) is 9.59 Å². The van der Waals surface area contributed by atoms with Crippen LogP contribution in [-0.2, 0) is 11.2 Å². The number of thiophene rings is 1. The average Bonchev–Trinajstić information content (AvgIpc) is 3.42. The van der Waals surface area contributed by atoms with Crippen molar-refractivity contribution >= 4 is 40.6 Å². The average molecular weight is 378 g/mol. The maximum absolute atomic E-state index is 12.6. The summed E-state index contributed by atoms with van der Waals surface area (Å²) in [5.74, 6) is -0.0201. The number of amides is 2. The molecule has 3 heterocycles. The van der Waals surface area contributed by atoms with E-state index in [1.807, 2.05) is 41.8 Å². The fourth-order valence-electron chi connectivity index (χ4n) is 3.08. The van der Waals surface area contributed by atoms with Gasteiger partial charge in [-0.15, -0.1) is 11.3 Å². The highest BCUT2D eigenvalue weighted by atomic mass is 32.1. The summed E-state index contributed by atoms with van der Waals surface area (Å²) in [7, 11) is 0. The van der Waals surface area contributed by atoms with Crippen LogP contribution in [0.3, 0.4) is 0 Å². The van der Waals surface area contributed by atoms with Crippen molar-refractivity contribution in [2.75, 3.05) is 16.8 Å². The van der Waals surface area contributed by atoms with E-state index in [1.165, 1.54) is 6.26 Å². The molecule has 136 valence electrons. The number of rotatable bonds is 4. The smallest absolute Gasteiger partial charge is 0.293 e. The third-order valence-corrected chi connectivity index (χ3v) is 5.30. The lowest BCUT2D eigenvalue weighted by molar-refractivity contribution is -0.112.